The number of halogens is 1. The summed E-state index contributed by atoms with van der Waals surface area (Å²) < 4.78 is 1.56. The van der Waals surface area contributed by atoms with Gasteiger partial charge >= 0.3 is 5.97 Å². The summed E-state index contributed by atoms with van der Waals surface area (Å²) in [7, 11) is 0. The zero-order valence-electron chi connectivity index (χ0n) is 14.7. The van der Waals surface area contributed by atoms with Crippen molar-refractivity contribution >= 4 is 40.9 Å². The third kappa shape index (κ3) is 4.49. The number of carboxylic acid groups (broad SMARTS) is 1. The molecule has 0 fully saturated rings. The number of thioether (sulfide) groups is 1. The van der Waals surface area contributed by atoms with E-state index in [2.05, 4.69) is 20.8 Å². The SMILES string of the molecule is CCC(Sc1nnnn1-c1ccccc1)C(=O)Nc1ccc(Cl)c(C(=O)O)c1. The fraction of sp³-hybridized carbons (Fsp3) is 0.167. The zero-order valence-corrected chi connectivity index (χ0v) is 16.3. The Balaban J connectivity index is 1.76. The molecule has 8 nitrogen and oxygen atoms in total. The number of anilines is 1. The van der Waals surface area contributed by atoms with Gasteiger partial charge in [0.05, 0.1) is 21.5 Å². The normalized spacial score (nSPS) is 11.8. The largest absolute Gasteiger partial charge is 0.478 e. The second-order valence-corrected chi connectivity index (χ2v) is 7.29. The van der Waals surface area contributed by atoms with Crippen molar-refractivity contribution in [2.45, 2.75) is 23.8 Å². The minimum Gasteiger partial charge on any atom is -0.478 e. The van der Waals surface area contributed by atoms with Crippen LogP contribution in [-0.2, 0) is 4.79 Å². The quantitative estimate of drug-likeness (QED) is 0.566. The molecule has 0 radical (unpaired) electrons. The molecule has 3 aromatic rings. The Hall–Kier alpha value is -2.91. The van der Waals surface area contributed by atoms with E-state index >= 15 is 0 Å². The van der Waals surface area contributed by atoms with Gasteiger partial charge in [0.15, 0.2) is 0 Å². The lowest BCUT2D eigenvalue weighted by Gasteiger charge is -2.14. The van der Waals surface area contributed by atoms with E-state index in [-0.39, 0.29) is 16.5 Å². The van der Waals surface area contributed by atoms with Crippen molar-refractivity contribution in [2.75, 3.05) is 5.32 Å². The van der Waals surface area contributed by atoms with Crippen molar-refractivity contribution < 1.29 is 14.7 Å². The van der Waals surface area contributed by atoms with Gasteiger partial charge in [-0.1, -0.05) is 48.5 Å². The molecular formula is C18H16ClN5O3S. The van der Waals surface area contributed by atoms with E-state index in [1.54, 1.807) is 10.7 Å². The van der Waals surface area contributed by atoms with Crippen molar-refractivity contribution in [2.24, 2.45) is 0 Å². The van der Waals surface area contributed by atoms with Crippen LogP contribution < -0.4 is 5.32 Å². The fourth-order valence-corrected chi connectivity index (χ4v) is 3.53. The summed E-state index contributed by atoms with van der Waals surface area (Å²) in [5.74, 6) is -1.45. The van der Waals surface area contributed by atoms with Crippen LogP contribution in [0.4, 0.5) is 5.69 Å². The van der Waals surface area contributed by atoms with Gasteiger partial charge in [-0.05, 0) is 47.2 Å². The summed E-state index contributed by atoms with van der Waals surface area (Å²) in [6, 6.07) is 13.7. The molecule has 1 amide bonds. The molecule has 2 aromatic carbocycles. The Morgan fingerprint density at radius 3 is 2.68 bits per heavy atom. The number of amides is 1. The number of para-hydroxylation sites is 1. The van der Waals surface area contributed by atoms with Gasteiger partial charge in [-0.25, -0.2) is 4.79 Å². The molecule has 0 bridgehead atoms. The van der Waals surface area contributed by atoms with Crippen molar-refractivity contribution in [1.82, 2.24) is 20.2 Å². The number of rotatable bonds is 7. The third-order valence-corrected chi connectivity index (χ3v) is 5.44. The maximum absolute atomic E-state index is 12.7. The van der Waals surface area contributed by atoms with Crippen molar-refractivity contribution in [3.05, 3.63) is 59.1 Å². The molecule has 0 saturated heterocycles. The second-order valence-electron chi connectivity index (χ2n) is 5.71. The highest BCUT2D eigenvalue weighted by molar-refractivity contribution is 8.00. The monoisotopic (exact) mass is 417 g/mol. The summed E-state index contributed by atoms with van der Waals surface area (Å²) in [5.41, 5.74) is 1.07. The minimum absolute atomic E-state index is 0.0758. The molecule has 28 heavy (non-hydrogen) atoms. The first-order valence-electron chi connectivity index (χ1n) is 8.33. The Morgan fingerprint density at radius 2 is 2.00 bits per heavy atom. The Kier molecular flexibility index (Phi) is 6.27. The van der Waals surface area contributed by atoms with Gasteiger partial charge in [-0.3, -0.25) is 4.79 Å². The molecule has 0 saturated carbocycles. The molecule has 10 heteroatoms. The highest BCUT2D eigenvalue weighted by atomic mass is 35.5. The number of aromatic nitrogens is 4. The van der Waals surface area contributed by atoms with Crippen LogP contribution in [0.3, 0.4) is 0 Å². The molecule has 1 heterocycles. The average Bonchev–Trinajstić information content (AvgIpc) is 3.16. The molecular weight excluding hydrogens is 402 g/mol. The maximum Gasteiger partial charge on any atom is 0.337 e. The molecule has 0 aliphatic heterocycles. The van der Waals surface area contributed by atoms with Gasteiger partial charge in [-0.2, -0.15) is 4.68 Å². The first-order valence-corrected chi connectivity index (χ1v) is 9.59. The number of carboxylic acids is 1. The molecule has 0 aliphatic rings. The first-order chi connectivity index (χ1) is 13.5. The van der Waals surface area contributed by atoms with E-state index in [1.807, 2.05) is 37.3 Å². The van der Waals surface area contributed by atoms with E-state index < -0.39 is 11.2 Å². The Bertz CT molecular complexity index is 996. The number of hydrogen-bond donors (Lipinski definition) is 2. The Morgan fingerprint density at radius 1 is 1.25 bits per heavy atom. The first kappa shape index (κ1) is 19.8. The van der Waals surface area contributed by atoms with Gasteiger partial charge in [0.1, 0.15) is 0 Å². The highest BCUT2D eigenvalue weighted by Gasteiger charge is 2.22. The molecule has 1 atom stereocenters. The van der Waals surface area contributed by atoms with E-state index in [0.29, 0.717) is 17.3 Å². The fourth-order valence-electron chi connectivity index (χ4n) is 2.42. The van der Waals surface area contributed by atoms with Gasteiger partial charge in [-0.15, -0.1) is 5.10 Å². The smallest absolute Gasteiger partial charge is 0.337 e. The maximum atomic E-state index is 12.7. The van der Waals surface area contributed by atoms with Crippen molar-refractivity contribution in [3.8, 4) is 5.69 Å². The standard InChI is InChI=1S/C18H16ClN5O3S/c1-2-15(16(25)20-11-8-9-14(19)13(10-11)17(26)27)28-18-21-22-23-24(18)12-6-4-3-5-7-12/h3-10,15H,2H2,1H3,(H,20,25)(H,26,27). The lowest BCUT2D eigenvalue weighted by molar-refractivity contribution is -0.115. The van der Waals surface area contributed by atoms with Crippen LogP contribution in [-0.4, -0.2) is 42.4 Å². The number of hydrogen-bond acceptors (Lipinski definition) is 6. The topological polar surface area (TPSA) is 110 Å². The molecule has 0 aliphatic carbocycles. The van der Waals surface area contributed by atoms with Gasteiger partial charge < -0.3 is 10.4 Å². The van der Waals surface area contributed by atoms with E-state index in [0.717, 1.165) is 5.69 Å². The van der Waals surface area contributed by atoms with Crippen LogP contribution in [0, 0.1) is 0 Å². The second kappa shape index (κ2) is 8.85. The summed E-state index contributed by atoms with van der Waals surface area (Å²) in [6.45, 7) is 1.87. The zero-order chi connectivity index (χ0) is 20.1. The third-order valence-electron chi connectivity index (χ3n) is 3.82. The lowest BCUT2D eigenvalue weighted by atomic mass is 10.2. The molecule has 1 aromatic heterocycles. The van der Waals surface area contributed by atoms with Crippen molar-refractivity contribution in [3.63, 3.8) is 0 Å². The predicted octanol–water partition coefficient (Wildman–Crippen LogP) is 3.52. The van der Waals surface area contributed by atoms with Gasteiger partial charge in [0.25, 0.3) is 0 Å². The average molecular weight is 418 g/mol. The lowest BCUT2D eigenvalue weighted by Crippen LogP contribution is -2.25. The molecule has 1 unspecified atom stereocenters. The molecule has 0 spiro atoms. The van der Waals surface area contributed by atoms with Crippen LogP contribution in [0.1, 0.15) is 23.7 Å². The number of tetrazole rings is 1. The summed E-state index contributed by atoms with van der Waals surface area (Å²) in [5, 5.41) is 23.7. The van der Waals surface area contributed by atoms with Gasteiger partial charge in [0, 0.05) is 5.69 Å². The van der Waals surface area contributed by atoms with Crippen LogP contribution in [0.5, 0.6) is 0 Å². The van der Waals surface area contributed by atoms with Crippen LogP contribution in [0.25, 0.3) is 5.69 Å². The Labute approximate surface area is 169 Å². The predicted molar refractivity (Wildman–Crippen MR) is 106 cm³/mol. The number of carbonyl (C=O) groups is 2. The van der Waals surface area contributed by atoms with E-state index in [9.17, 15) is 9.59 Å². The molecule has 3 rings (SSSR count). The van der Waals surface area contributed by atoms with Crippen LogP contribution in [0.2, 0.25) is 5.02 Å². The van der Waals surface area contributed by atoms with Crippen LogP contribution >= 0.6 is 23.4 Å². The number of nitrogens with zero attached hydrogens (tertiary/aromatic N) is 4. The number of nitrogens with one attached hydrogen (secondary N) is 1. The van der Waals surface area contributed by atoms with Gasteiger partial charge in [0.2, 0.25) is 11.1 Å². The summed E-state index contributed by atoms with van der Waals surface area (Å²) in [6.07, 6.45) is 0.525. The minimum atomic E-state index is -1.16. The van der Waals surface area contributed by atoms with E-state index in [4.69, 9.17) is 16.7 Å². The number of aromatic carboxylic acids is 1. The van der Waals surface area contributed by atoms with E-state index in [1.165, 1.54) is 23.9 Å². The number of carbonyl (C=O) groups excluding carboxylic acids is 1. The summed E-state index contributed by atoms with van der Waals surface area (Å²) >= 11 is 7.10. The van der Waals surface area contributed by atoms with Crippen molar-refractivity contribution in [1.29, 1.82) is 0 Å². The molecule has 144 valence electrons. The van der Waals surface area contributed by atoms with Crippen LogP contribution in [0.15, 0.2) is 53.7 Å². The molecule has 2 N–H and O–H groups in total. The number of benzene rings is 2. The highest BCUT2D eigenvalue weighted by Crippen LogP contribution is 2.27. The summed E-state index contributed by atoms with van der Waals surface area (Å²) in [4.78, 5) is 23.9.